The summed E-state index contributed by atoms with van der Waals surface area (Å²) in [4.78, 5) is 19.2. The van der Waals surface area contributed by atoms with Crippen molar-refractivity contribution >= 4 is 52.2 Å². The Morgan fingerprint density at radius 2 is 1.93 bits per heavy atom. The molecule has 0 saturated carbocycles. The van der Waals surface area contributed by atoms with Crippen molar-refractivity contribution in [1.82, 2.24) is 9.88 Å². The van der Waals surface area contributed by atoms with Crippen molar-refractivity contribution in [1.29, 1.82) is 0 Å². The number of ether oxygens (including phenoxy) is 1. The van der Waals surface area contributed by atoms with E-state index in [1.807, 2.05) is 52.4 Å². The molecule has 1 saturated heterocycles. The summed E-state index contributed by atoms with van der Waals surface area (Å²) in [6.07, 6.45) is 0. The first kappa shape index (κ1) is 20.5. The largest absolute Gasteiger partial charge is 0.488 e. The number of carbonyl (C=O) groups excluding carboxylic acids is 1. The molecule has 0 spiro atoms. The van der Waals surface area contributed by atoms with Gasteiger partial charge in [-0.15, -0.1) is 11.3 Å². The van der Waals surface area contributed by atoms with E-state index in [-0.39, 0.29) is 5.91 Å². The molecule has 4 nitrogen and oxygen atoms in total. The lowest BCUT2D eigenvalue weighted by molar-refractivity contribution is 0.0767. The highest BCUT2D eigenvalue weighted by molar-refractivity contribution is 7.99. The van der Waals surface area contributed by atoms with Crippen LogP contribution in [0.4, 0.5) is 0 Å². The third-order valence-corrected chi connectivity index (χ3v) is 6.94. The minimum atomic E-state index is -0.000791. The molecule has 0 unspecified atom stereocenters. The van der Waals surface area contributed by atoms with E-state index < -0.39 is 0 Å². The number of benzene rings is 2. The van der Waals surface area contributed by atoms with E-state index >= 15 is 0 Å². The summed E-state index contributed by atoms with van der Waals surface area (Å²) in [5.41, 5.74) is 2.20. The first-order chi connectivity index (χ1) is 14.1. The molecule has 1 amide bonds. The van der Waals surface area contributed by atoms with E-state index in [9.17, 15) is 4.79 Å². The molecule has 0 atom stereocenters. The first-order valence-corrected chi connectivity index (χ1v) is 11.9. The molecule has 1 aliphatic heterocycles. The molecular weight excluding hydrogens is 447 g/mol. The van der Waals surface area contributed by atoms with E-state index in [0.717, 1.165) is 40.7 Å². The van der Waals surface area contributed by atoms with Gasteiger partial charge in [0.2, 0.25) is 0 Å². The fourth-order valence-electron chi connectivity index (χ4n) is 2.99. The molecule has 0 bridgehead atoms. The summed E-state index contributed by atoms with van der Waals surface area (Å²) in [5, 5.41) is 3.74. The number of halogens is 2. The van der Waals surface area contributed by atoms with Crippen LogP contribution in [0.5, 0.6) is 5.75 Å². The van der Waals surface area contributed by atoms with Gasteiger partial charge in [-0.1, -0.05) is 41.4 Å². The van der Waals surface area contributed by atoms with Crippen LogP contribution >= 0.6 is 46.3 Å². The topological polar surface area (TPSA) is 42.4 Å². The van der Waals surface area contributed by atoms with Crippen LogP contribution in [0.15, 0.2) is 47.8 Å². The Morgan fingerprint density at radius 3 is 2.72 bits per heavy atom. The number of amides is 1. The fraction of sp³-hybridized carbons (Fsp3) is 0.238. The van der Waals surface area contributed by atoms with Gasteiger partial charge in [-0.05, 0) is 24.3 Å². The highest BCUT2D eigenvalue weighted by Gasteiger charge is 2.21. The van der Waals surface area contributed by atoms with Crippen molar-refractivity contribution < 1.29 is 9.53 Å². The Balaban J connectivity index is 1.52. The maximum Gasteiger partial charge on any atom is 0.273 e. The lowest BCUT2D eigenvalue weighted by Crippen LogP contribution is -2.38. The van der Waals surface area contributed by atoms with Gasteiger partial charge in [-0.3, -0.25) is 4.79 Å². The maximum atomic E-state index is 12.7. The normalized spacial score (nSPS) is 14.1. The second kappa shape index (κ2) is 9.39. The number of nitrogens with zero attached hydrogens (tertiary/aromatic N) is 2. The number of thiazole rings is 1. The number of hydrogen-bond donors (Lipinski definition) is 0. The average Bonchev–Trinajstić information content (AvgIpc) is 3.23. The number of rotatable bonds is 5. The van der Waals surface area contributed by atoms with Gasteiger partial charge in [0.1, 0.15) is 23.1 Å². The third kappa shape index (κ3) is 4.89. The molecule has 150 valence electrons. The van der Waals surface area contributed by atoms with Crippen LogP contribution < -0.4 is 4.74 Å². The van der Waals surface area contributed by atoms with Crippen molar-refractivity contribution in [2.75, 3.05) is 24.6 Å². The van der Waals surface area contributed by atoms with E-state index in [1.54, 1.807) is 12.1 Å². The van der Waals surface area contributed by atoms with Crippen LogP contribution in [0.2, 0.25) is 10.0 Å². The van der Waals surface area contributed by atoms with E-state index in [1.165, 1.54) is 11.3 Å². The molecule has 2 heterocycles. The summed E-state index contributed by atoms with van der Waals surface area (Å²) in [6.45, 7) is 1.87. The molecule has 2 aromatic carbocycles. The highest BCUT2D eigenvalue weighted by Crippen LogP contribution is 2.33. The minimum Gasteiger partial charge on any atom is -0.488 e. The zero-order chi connectivity index (χ0) is 20.2. The van der Waals surface area contributed by atoms with Crippen molar-refractivity contribution in [3.63, 3.8) is 0 Å². The molecule has 8 heteroatoms. The smallest absolute Gasteiger partial charge is 0.273 e. The van der Waals surface area contributed by atoms with Gasteiger partial charge in [0.05, 0.1) is 5.56 Å². The number of hydrogen-bond acceptors (Lipinski definition) is 5. The Hall–Kier alpha value is -1.73. The quantitative estimate of drug-likeness (QED) is 0.472. The van der Waals surface area contributed by atoms with Gasteiger partial charge >= 0.3 is 0 Å². The predicted molar refractivity (Wildman–Crippen MR) is 122 cm³/mol. The minimum absolute atomic E-state index is 0.000791. The second-order valence-electron chi connectivity index (χ2n) is 6.46. The van der Waals surface area contributed by atoms with Gasteiger partial charge in [-0.25, -0.2) is 4.98 Å². The molecule has 29 heavy (non-hydrogen) atoms. The number of carbonyl (C=O) groups is 1. The summed E-state index contributed by atoms with van der Waals surface area (Å²) < 4.78 is 6.03. The number of thioether (sulfide) groups is 1. The van der Waals surface area contributed by atoms with Crippen LogP contribution in [-0.2, 0) is 6.61 Å². The van der Waals surface area contributed by atoms with Crippen molar-refractivity contribution in [3.8, 4) is 16.3 Å². The lowest BCUT2D eigenvalue weighted by Gasteiger charge is -2.25. The average molecular weight is 465 g/mol. The molecule has 1 fully saturated rings. The monoisotopic (exact) mass is 464 g/mol. The molecule has 1 aromatic heterocycles. The molecule has 0 radical (unpaired) electrons. The molecule has 1 aliphatic rings. The Morgan fingerprint density at radius 1 is 1.14 bits per heavy atom. The Bertz CT molecular complexity index is 1020. The van der Waals surface area contributed by atoms with Crippen LogP contribution in [0, 0.1) is 0 Å². The van der Waals surface area contributed by atoms with E-state index in [2.05, 4.69) is 4.98 Å². The van der Waals surface area contributed by atoms with Gasteiger partial charge in [0.25, 0.3) is 5.91 Å². The van der Waals surface area contributed by atoms with E-state index in [0.29, 0.717) is 28.1 Å². The molecule has 0 N–H and O–H groups in total. The summed E-state index contributed by atoms with van der Waals surface area (Å²) in [6, 6.07) is 13.0. The van der Waals surface area contributed by atoms with Crippen LogP contribution in [-0.4, -0.2) is 40.4 Å². The Kier molecular flexibility index (Phi) is 6.65. The van der Waals surface area contributed by atoms with Crippen molar-refractivity contribution in [3.05, 3.63) is 69.1 Å². The van der Waals surface area contributed by atoms with Gasteiger partial charge in [0.15, 0.2) is 0 Å². The van der Waals surface area contributed by atoms with Crippen LogP contribution in [0.3, 0.4) is 0 Å². The number of para-hydroxylation sites is 1. The summed E-state index contributed by atoms with van der Waals surface area (Å²) >= 11 is 15.5. The Labute approximate surface area is 187 Å². The maximum absolute atomic E-state index is 12.7. The van der Waals surface area contributed by atoms with Crippen LogP contribution in [0.1, 0.15) is 16.1 Å². The van der Waals surface area contributed by atoms with Crippen LogP contribution in [0.25, 0.3) is 10.6 Å². The van der Waals surface area contributed by atoms with Gasteiger partial charge < -0.3 is 9.64 Å². The summed E-state index contributed by atoms with van der Waals surface area (Å²) in [7, 11) is 0. The first-order valence-electron chi connectivity index (χ1n) is 9.10. The zero-order valence-electron chi connectivity index (χ0n) is 15.4. The lowest BCUT2D eigenvalue weighted by atomic mass is 10.2. The zero-order valence-corrected chi connectivity index (χ0v) is 18.6. The second-order valence-corrected chi connectivity index (χ2v) is 9.39. The van der Waals surface area contributed by atoms with E-state index in [4.69, 9.17) is 27.9 Å². The predicted octanol–water partition coefficient (Wildman–Crippen LogP) is 5.88. The van der Waals surface area contributed by atoms with Gasteiger partial charge in [0, 0.05) is 45.6 Å². The van der Waals surface area contributed by atoms with Crippen molar-refractivity contribution in [2.45, 2.75) is 6.61 Å². The van der Waals surface area contributed by atoms with Crippen molar-refractivity contribution in [2.24, 2.45) is 0 Å². The molecule has 4 rings (SSSR count). The third-order valence-electron chi connectivity index (χ3n) is 4.54. The molecule has 3 aromatic rings. The highest BCUT2D eigenvalue weighted by atomic mass is 35.5. The summed E-state index contributed by atoms with van der Waals surface area (Å²) in [5.74, 6) is 2.65. The van der Waals surface area contributed by atoms with Gasteiger partial charge in [-0.2, -0.15) is 11.8 Å². The standard InChI is InChI=1S/C21H18Cl2N2O2S2/c22-15-6-5-14(17(23)11-15)12-27-19-4-2-1-3-16(19)20-24-18(13-29-20)21(26)25-7-9-28-10-8-25/h1-6,11,13H,7-10,12H2. The number of aromatic nitrogens is 1. The SMILES string of the molecule is O=C(c1csc(-c2ccccc2OCc2ccc(Cl)cc2Cl)n1)N1CCSCC1. The fourth-order valence-corrected chi connectivity index (χ4v) is 5.18. The molecular formula is C21H18Cl2N2O2S2. The molecule has 0 aliphatic carbocycles.